The topological polar surface area (TPSA) is 64.1 Å². The Bertz CT molecular complexity index is 813. The number of benzene rings is 1. The van der Waals surface area contributed by atoms with Crippen LogP contribution in [0.15, 0.2) is 24.3 Å². The van der Waals surface area contributed by atoms with Crippen molar-refractivity contribution in [3.05, 3.63) is 29.3 Å². The summed E-state index contributed by atoms with van der Waals surface area (Å²) in [5.74, 6) is 0.453. The Hall–Kier alpha value is -2.21. The molecule has 21 heavy (non-hydrogen) atoms. The van der Waals surface area contributed by atoms with Crippen LogP contribution in [0, 0.1) is 0 Å². The number of ether oxygens (including phenoxy) is 1. The molecule has 0 spiro atoms. The van der Waals surface area contributed by atoms with Gasteiger partial charge in [-0.25, -0.2) is 14.8 Å². The third-order valence-corrected chi connectivity index (χ3v) is 4.29. The van der Waals surface area contributed by atoms with Gasteiger partial charge in [-0.05, 0) is 18.9 Å². The van der Waals surface area contributed by atoms with Crippen molar-refractivity contribution in [3.8, 4) is 0 Å². The van der Waals surface area contributed by atoms with Crippen LogP contribution in [0.25, 0.3) is 21.1 Å². The van der Waals surface area contributed by atoms with Crippen LogP contribution in [0.1, 0.15) is 18.4 Å². The molecule has 5 nitrogen and oxygen atoms in total. The Morgan fingerprint density at radius 1 is 1.33 bits per heavy atom. The van der Waals surface area contributed by atoms with Crippen molar-refractivity contribution in [2.45, 2.75) is 19.8 Å². The van der Waals surface area contributed by atoms with E-state index in [0.717, 1.165) is 39.0 Å². The van der Waals surface area contributed by atoms with Crippen LogP contribution in [0.2, 0.25) is 0 Å². The zero-order valence-corrected chi connectivity index (χ0v) is 12.7. The number of anilines is 1. The number of para-hydroxylation sites is 1. The first-order chi connectivity index (χ1) is 10.2. The van der Waals surface area contributed by atoms with Crippen molar-refractivity contribution in [1.29, 1.82) is 0 Å². The lowest BCUT2D eigenvalue weighted by atomic mass is 10.2. The number of methoxy groups -OCH3 is 1. The van der Waals surface area contributed by atoms with E-state index in [1.165, 1.54) is 7.11 Å². The molecule has 2 aromatic heterocycles. The molecule has 3 aromatic rings. The minimum Gasteiger partial charge on any atom is -0.453 e. The third-order valence-electron chi connectivity index (χ3n) is 3.15. The lowest BCUT2D eigenvalue weighted by Gasteiger charge is -2.05. The largest absolute Gasteiger partial charge is 0.453 e. The highest BCUT2D eigenvalue weighted by molar-refractivity contribution is 7.19. The number of nitrogens with zero attached hydrogens (tertiary/aromatic N) is 2. The highest BCUT2D eigenvalue weighted by Crippen LogP contribution is 2.34. The second-order valence-corrected chi connectivity index (χ2v) is 5.71. The van der Waals surface area contributed by atoms with E-state index in [-0.39, 0.29) is 0 Å². The van der Waals surface area contributed by atoms with Crippen LogP contribution >= 0.6 is 11.3 Å². The summed E-state index contributed by atoms with van der Waals surface area (Å²) in [6, 6.07) is 7.87. The van der Waals surface area contributed by atoms with E-state index >= 15 is 0 Å². The molecule has 0 unspecified atom stereocenters. The average molecular weight is 301 g/mol. The minimum atomic E-state index is -0.538. The van der Waals surface area contributed by atoms with Crippen LogP contribution in [0.4, 0.5) is 10.6 Å². The fourth-order valence-electron chi connectivity index (χ4n) is 2.20. The summed E-state index contributed by atoms with van der Waals surface area (Å²) in [7, 11) is 1.33. The molecule has 0 aliphatic heterocycles. The average Bonchev–Trinajstić information content (AvgIpc) is 2.92. The fourth-order valence-corrected chi connectivity index (χ4v) is 3.40. The monoisotopic (exact) mass is 301 g/mol. The summed E-state index contributed by atoms with van der Waals surface area (Å²) in [6.07, 6.45) is 1.42. The summed E-state index contributed by atoms with van der Waals surface area (Å²) >= 11 is 1.66. The Kier molecular flexibility index (Phi) is 3.70. The number of carbonyl (C=O) groups excluding carboxylic acids is 1. The molecule has 0 aliphatic carbocycles. The smallest absolute Gasteiger partial charge is 0.412 e. The molecule has 1 N–H and O–H groups in total. The highest BCUT2D eigenvalue weighted by atomic mass is 32.1. The van der Waals surface area contributed by atoms with Crippen LogP contribution in [0.3, 0.4) is 0 Å². The summed E-state index contributed by atoms with van der Waals surface area (Å²) in [6.45, 7) is 2.12. The SMILES string of the molecule is CCCc1nc2c(NC(=O)OC)nc3ccccc3c2s1. The van der Waals surface area contributed by atoms with Gasteiger partial charge in [0, 0.05) is 5.39 Å². The predicted octanol–water partition coefficient (Wildman–Crippen LogP) is 3.98. The van der Waals surface area contributed by atoms with Crippen molar-refractivity contribution < 1.29 is 9.53 Å². The van der Waals surface area contributed by atoms with E-state index in [0.29, 0.717) is 5.82 Å². The number of hydrogen-bond acceptors (Lipinski definition) is 5. The maximum absolute atomic E-state index is 11.5. The zero-order chi connectivity index (χ0) is 14.8. The van der Waals surface area contributed by atoms with E-state index in [9.17, 15) is 4.79 Å². The van der Waals surface area contributed by atoms with Crippen LogP contribution < -0.4 is 5.32 Å². The normalized spacial score (nSPS) is 11.0. The van der Waals surface area contributed by atoms with Crippen LogP contribution in [0.5, 0.6) is 0 Å². The van der Waals surface area contributed by atoms with Gasteiger partial charge in [-0.1, -0.05) is 25.1 Å². The van der Waals surface area contributed by atoms with Gasteiger partial charge in [0.15, 0.2) is 5.82 Å². The molecule has 0 atom stereocenters. The van der Waals surface area contributed by atoms with Crippen molar-refractivity contribution in [1.82, 2.24) is 9.97 Å². The molecule has 1 aromatic carbocycles. The van der Waals surface area contributed by atoms with Crippen molar-refractivity contribution in [2.24, 2.45) is 0 Å². The standard InChI is InChI=1S/C15H15N3O2S/c1-3-6-11-17-12-13(21-11)9-7-4-5-8-10(9)16-14(12)18-15(19)20-2/h4-5,7-8H,3,6H2,1-2H3,(H,16,18,19). The van der Waals surface area contributed by atoms with Crippen molar-refractivity contribution in [2.75, 3.05) is 12.4 Å². The molecule has 0 fully saturated rings. The maximum Gasteiger partial charge on any atom is 0.412 e. The molecule has 108 valence electrons. The molecular weight excluding hydrogens is 286 g/mol. The molecule has 2 heterocycles. The van der Waals surface area contributed by atoms with Crippen LogP contribution in [-0.4, -0.2) is 23.2 Å². The second kappa shape index (κ2) is 5.65. The molecule has 0 aliphatic rings. The second-order valence-electron chi connectivity index (χ2n) is 4.63. The number of aryl methyl sites for hydroxylation is 1. The number of rotatable bonds is 3. The summed E-state index contributed by atoms with van der Waals surface area (Å²) in [4.78, 5) is 20.6. The van der Waals surface area contributed by atoms with E-state index < -0.39 is 6.09 Å². The Morgan fingerprint density at radius 3 is 2.90 bits per heavy atom. The van der Waals surface area contributed by atoms with Crippen LogP contribution in [-0.2, 0) is 11.2 Å². The van der Waals surface area contributed by atoms with Gasteiger partial charge in [0.05, 0.1) is 22.3 Å². The van der Waals surface area contributed by atoms with E-state index in [2.05, 4.69) is 26.9 Å². The van der Waals surface area contributed by atoms with Crippen molar-refractivity contribution in [3.63, 3.8) is 0 Å². The highest BCUT2D eigenvalue weighted by Gasteiger charge is 2.15. The molecule has 0 bridgehead atoms. The molecule has 0 saturated carbocycles. The first kappa shape index (κ1) is 13.8. The van der Waals surface area contributed by atoms with Gasteiger partial charge in [-0.3, -0.25) is 5.32 Å². The number of thiazole rings is 1. The van der Waals surface area contributed by atoms with Gasteiger partial charge in [0.1, 0.15) is 5.52 Å². The Balaban J connectivity index is 2.25. The number of amides is 1. The predicted molar refractivity (Wildman–Crippen MR) is 84.9 cm³/mol. The molecule has 0 saturated heterocycles. The Labute approximate surface area is 126 Å². The molecule has 1 amide bonds. The lowest BCUT2D eigenvalue weighted by molar-refractivity contribution is 0.187. The lowest BCUT2D eigenvalue weighted by Crippen LogP contribution is -2.12. The quantitative estimate of drug-likeness (QED) is 0.795. The molecule has 0 radical (unpaired) electrons. The van der Waals surface area contributed by atoms with E-state index in [1.54, 1.807) is 11.3 Å². The van der Waals surface area contributed by atoms with Crippen molar-refractivity contribution >= 4 is 44.4 Å². The molecular formula is C15H15N3O2S. The third kappa shape index (κ3) is 2.54. The van der Waals surface area contributed by atoms with Gasteiger partial charge >= 0.3 is 6.09 Å². The van der Waals surface area contributed by atoms with Gasteiger partial charge in [0.2, 0.25) is 0 Å². The number of hydrogen-bond donors (Lipinski definition) is 1. The number of aromatic nitrogens is 2. The maximum atomic E-state index is 11.5. The summed E-state index contributed by atoms with van der Waals surface area (Å²) in [5, 5.41) is 4.77. The first-order valence-electron chi connectivity index (χ1n) is 6.76. The van der Waals surface area contributed by atoms with Gasteiger partial charge in [-0.15, -0.1) is 11.3 Å². The number of carbonyl (C=O) groups is 1. The van der Waals surface area contributed by atoms with Gasteiger partial charge in [0.25, 0.3) is 0 Å². The summed E-state index contributed by atoms with van der Waals surface area (Å²) in [5.41, 5.74) is 1.57. The number of nitrogens with one attached hydrogen (secondary N) is 1. The fraction of sp³-hybridized carbons (Fsp3) is 0.267. The molecule has 6 heteroatoms. The van der Waals surface area contributed by atoms with E-state index in [1.807, 2.05) is 24.3 Å². The molecule has 3 rings (SSSR count). The zero-order valence-electron chi connectivity index (χ0n) is 11.8. The van der Waals surface area contributed by atoms with Gasteiger partial charge in [-0.2, -0.15) is 0 Å². The van der Waals surface area contributed by atoms with E-state index in [4.69, 9.17) is 0 Å². The summed E-state index contributed by atoms with van der Waals surface area (Å²) < 4.78 is 5.71. The first-order valence-corrected chi connectivity index (χ1v) is 7.57. The van der Waals surface area contributed by atoms with Gasteiger partial charge < -0.3 is 4.74 Å². The number of pyridine rings is 1. The number of fused-ring (bicyclic) bond motifs is 3. The minimum absolute atomic E-state index is 0.453. The Morgan fingerprint density at radius 2 is 2.14 bits per heavy atom.